The van der Waals surface area contributed by atoms with Gasteiger partial charge in [-0.25, -0.2) is 12.7 Å². The molecule has 0 bridgehead atoms. The molecule has 9 heteroatoms. The summed E-state index contributed by atoms with van der Waals surface area (Å²) < 4.78 is 26.4. The lowest BCUT2D eigenvalue weighted by Gasteiger charge is -2.31. The topological polar surface area (TPSA) is 104 Å². The lowest BCUT2D eigenvalue weighted by molar-refractivity contribution is -0.141. The molecule has 188 valence electrons. The number of benzene rings is 2. The predicted octanol–water partition coefficient (Wildman–Crippen LogP) is 3.33. The molecule has 0 saturated heterocycles. The van der Waals surface area contributed by atoms with Gasteiger partial charge in [-0.1, -0.05) is 56.3 Å². The van der Waals surface area contributed by atoms with Gasteiger partial charge in [-0.3, -0.25) is 14.4 Å². The number of nitrogens with one attached hydrogen (secondary N) is 1. The van der Waals surface area contributed by atoms with Crippen molar-refractivity contribution in [2.24, 2.45) is 0 Å². The molecule has 0 aliphatic carbocycles. The van der Waals surface area contributed by atoms with Crippen LogP contribution in [0.5, 0.6) is 0 Å². The second-order valence-corrected chi connectivity index (χ2v) is 10.6. The number of fused-ring (bicyclic) bond motifs is 1. The number of rotatable bonds is 11. The normalized spacial score (nSPS) is 15.9. The van der Waals surface area contributed by atoms with Gasteiger partial charge in [0.25, 0.3) is 15.9 Å². The summed E-state index contributed by atoms with van der Waals surface area (Å²) in [5.41, 5.74) is 1.04. The van der Waals surface area contributed by atoms with Crippen LogP contribution in [0.3, 0.4) is 0 Å². The van der Waals surface area contributed by atoms with Crippen LogP contribution in [-0.4, -0.2) is 54.0 Å². The Labute approximate surface area is 207 Å². The molecule has 3 amide bonds. The lowest BCUT2D eigenvalue weighted by atomic mass is 10.1. The number of amides is 3. The number of hydrogen-bond donors (Lipinski definition) is 1. The van der Waals surface area contributed by atoms with Gasteiger partial charge >= 0.3 is 0 Å². The molecule has 1 N–H and O–H groups in total. The van der Waals surface area contributed by atoms with Gasteiger partial charge < -0.3 is 10.2 Å². The van der Waals surface area contributed by atoms with E-state index in [9.17, 15) is 22.8 Å². The first-order valence-electron chi connectivity index (χ1n) is 12.0. The molecule has 0 fully saturated rings. The van der Waals surface area contributed by atoms with Crippen molar-refractivity contribution in [1.82, 2.24) is 14.5 Å². The molecule has 0 aromatic heterocycles. The van der Waals surface area contributed by atoms with Crippen molar-refractivity contribution in [3.8, 4) is 0 Å². The summed E-state index contributed by atoms with van der Waals surface area (Å²) in [4.78, 5) is 40.5. The van der Waals surface area contributed by atoms with Crippen molar-refractivity contribution in [2.75, 3.05) is 6.54 Å². The van der Waals surface area contributed by atoms with Crippen molar-refractivity contribution in [2.45, 2.75) is 70.0 Å². The van der Waals surface area contributed by atoms with E-state index in [0.29, 0.717) is 6.42 Å². The standard InChI is InChI=1S/C26H33N3O5S/c1-4-19(3)27-25(31)22(5-2)28(18-20-12-7-6-8-13-20)24(30)16-11-17-29-26(32)21-14-9-10-15-23(21)35(29,33)34/h6-10,12-15,19,22H,4-5,11,16-18H2,1-3H3,(H,27,31)/t19-,22-/m0/s1. The van der Waals surface area contributed by atoms with Gasteiger partial charge in [0.2, 0.25) is 11.8 Å². The highest BCUT2D eigenvalue weighted by Crippen LogP contribution is 2.30. The maximum atomic E-state index is 13.3. The van der Waals surface area contributed by atoms with Crippen molar-refractivity contribution >= 4 is 27.7 Å². The third-order valence-electron chi connectivity index (χ3n) is 6.25. The van der Waals surface area contributed by atoms with E-state index in [4.69, 9.17) is 0 Å². The highest BCUT2D eigenvalue weighted by molar-refractivity contribution is 7.90. The van der Waals surface area contributed by atoms with Crippen molar-refractivity contribution < 1.29 is 22.8 Å². The van der Waals surface area contributed by atoms with Crippen molar-refractivity contribution in [3.63, 3.8) is 0 Å². The zero-order valence-electron chi connectivity index (χ0n) is 20.4. The van der Waals surface area contributed by atoms with Crippen LogP contribution in [0.1, 0.15) is 62.4 Å². The molecule has 0 unspecified atom stereocenters. The number of carbonyl (C=O) groups is 3. The van der Waals surface area contributed by atoms with E-state index in [1.807, 2.05) is 51.1 Å². The zero-order valence-corrected chi connectivity index (χ0v) is 21.3. The average molecular weight is 500 g/mol. The van der Waals surface area contributed by atoms with Gasteiger partial charge in [-0.15, -0.1) is 0 Å². The summed E-state index contributed by atoms with van der Waals surface area (Å²) in [5, 5.41) is 2.96. The monoisotopic (exact) mass is 499 g/mol. The average Bonchev–Trinajstić information content (AvgIpc) is 3.05. The summed E-state index contributed by atoms with van der Waals surface area (Å²) in [5.74, 6) is -1.05. The molecular weight excluding hydrogens is 466 g/mol. The Balaban J connectivity index is 1.73. The smallest absolute Gasteiger partial charge is 0.269 e. The minimum atomic E-state index is -3.92. The van der Waals surface area contributed by atoms with Gasteiger partial charge in [0.1, 0.15) is 10.9 Å². The molecule has 1 aliphatic heterocycles. The molecule has 2 atom stereocenters. The summed E-state index contributed by atoms with van der Waals surface area (Å²) in [6, 6.07) is 14.9. The van der Waals surface area contributed by atoms with Gasteiger partial charge in [-0.05, 0) is 43.9 Å². The summed E-state index contributed by atoms with van der Waals surface area (Å²) >= 11 is 0. The predicted molar refractivity (Wildman–Crippen MR) is 133 cm³/mol. The quantitative estimate of drug-likeness (QED) is 0.511. The molecule has 3 rings (SSSR count). The Bertz CT molecular complexity index is 1170. The van der Waals surface area contributed by atoms with Crippen LogP contribution in [0.4, 0.5) is 0 Å². The Kier molecular flexibility index (Phi) is 8.67. The van der Waals surface area contributed by atoms with Crippen LogP contribution in [-0.2, 0) is 26.2 Å². The van der Waals surface area contributed by atoms with Gasteiger partial charge in [0.05, 0.1) is 5.56 Å². The minimum absolute atomic E-state index is 0.00482. The molecule has 1 aliphatic rings. The molecule has 2 aromatic carbocycles. The molecule has 35 heavy (non-hydrogen) atoms. The highest BCUT2D eigenvalue weighted by Gasteiger charge is 2.40. The summed E-state index contributed by atoms with van der Waals surface area (Å²) in [7, 11) is -3.92. The second kappa shape index (κ2) is 11.5. The number of carbonyl (C=O) groups excluding carboxylic acids is 3. The third-order valence-corrected chi connectivity index (χ3v) is 8.09. The maximum absolute atomic E-state index is 13.3. The molecule has 0 saturated carbocycles. The third kappa shape index (κ3) is 5.90. The molecule has 2 aromatic rings. The van der Waals surface area contributed by atoms with Crippen LogP contribution in [0.15, 0.2) is 59.5 Å². The second-order valence-electron chi connectivity index (χ2n) is 8.73. The fourth-order valence-electron chi connectivity index (χ4n) is 4.11. The molecule has 1 heterocycles. The Hall–Kier alpha value is -3.20. The van der Waals surface area contributed by atoms with E-state index in [0.717, 1.165) is 16.3 Å². The van der Waals surface area contributed by atoms with Gasteiger partial charge in [-0.2, -0.15) is 0 Å². The van der Waals surface area contributed by atoms with Crippen molar-refractivity contribution in [1.29, 1.82) is 0 Å². The Morgan fingerprint density at radius 1 is 1.00 bits per heavy atom. The van der Waals surface area contributed by atoms with E-state index in [-0.39, 0.29) is 54.2 Å². The van der Waals surface area contributed by atoms with Gasteiger partial charge in [0.15, 0.2) is 0 Å². The van der Waals surface area contributed by atoms with E-state index in [2.05, 4.69) is 5.32 Å². The first kappa shape index (κ1) is 26.4. The number of hydrogen-bond acceptors (Lipinski definition) is 5. The minimum Gasteiger partial charge on any atom is -0.352 e. The van der Waals surface area contributed by atoms with E-state index < -0.39 is 22.0 Å². The molecule has 0 spiro atoms. The number of nitrogens with zero attached hydrogens (tertiary/aromatic N) is 2. The number of sulfonamides is 1. The fourth-order valence-corrected chi connectivity index (χ4v) is 5.72. The lowest BCUT2D eigenvalue weighted by Crippen LogP contribution is -2.50. The largest absolute Gasteiger partial charge is 0.352 e. The van der Waals surface area contributed by atoms with Crippen LogP contribution in [0.25, 0.3) is 0 Å². The Morgan fingerprint density at radius 3 is 2.29 bits per heavy atom. The summed E-state index contributed by atoms with van der Waals surface area (Å²) in [6.07, 6.45) is 1.38. The van der Waals surface area contributed by atoms with E-state index >= 15 is 0 Å². The molecular formula is C26H33N3O5S. The van der Waals surface area contributed by atoms with Crippen LogP contribution in [0, 0.1) is 0 Å². The maximum Gasteiger partial charge on any atom is 0.269 e. The molecule has 0 radical (unpaired) electrons. The SMILES string of the molecule is CC[C@H](C)NC(=O)[C@H](CC)N(Cc1ccccc1)C(=O)CCCN1C(=O)c2ccccc2S1(=O)=O. The fraction of sp³-hybridized carbons (Fsp3) is 0.423. The highest BCUT2D eigenvalue weighted by atomic mass is 32.2. The first-order chi connectivity index (χ1) is 16.7. The summed E-state index contributed by atoms with van der Waals surface area (Å²) in [6.45, 7) is 5.91. The van der Waals surface area contributed by atoms with Crippen LogP contribution >= 0.6 is 0 Å². The zero-order chi connectivity index (χ0) is 25.6. The Morgan fingerprint density at radius 2 is 1.66 bits per heavy atom. The first-order valence-corrected chi connectivity index (χ1v) is 13.4. The molecule has 8 nitrogen and oxygen atoms in total. The van der Waals surface area contributed by atoms with Crippen molar-refractivity contribution in [3.05, 3.63) is 65.7 Å². The van der Waals surface area contributed by atoms with E-state index in [1.54, 1.807) is 17.0 Å². The van der Waals surface area contributed by atoms with Gasteiger partial charge in [0, 0.05) is 25.6 Å². The van der Waals surface area contributed by atoms with Crippen LogP contribution in [0.2, 0.25) is 0 Å². The van der Waals surface area contributed by atoms with E-state index in [1.165, 1.54) is 12.1 Å². The van der Waals surface area contributed by atoms with Crippen LogP contribution < -0.4 is 5.32 Å².